The lowest BCUT2D eigenvalue weighted by atomic mass is 9.75. The van der Waals surface area contributed by atoms with Crippen LogP contribution in [0.3, 0.4) is 0 Å². The van der Waals surface area contributed by atoms with Crippen LogP contribution in [0.1, 0.15) is 42.5 Å². The molecule has 2 aromatic heterocycles. The van der Waals surface area contributed by atoms with Gasteiger partial charge in [-0.05, 0) is 38.8 Å². The van der Waals surface area contributed by atoms with Crippen molar-refractivity contribution in [3.8, 4) is 11.5 Å². The van der Waals surface area contributed by atoms with Gasteiger partial charge < -0.3 is 9.55 Å². The summed E-state index contributed by atoms with van der Waals surface area (Å²) in [7, 11) is 0. The Morgan fingerprint density at radius 2 is 1.97 bits per heavy atom. The van der Waals surface area contributed by atoms with Crippen LogP contribution in [0.4, 0.5) is 17.6 Å². The highest BCUT2D eigenvalue weighted by Crippen LogP contribution is 2.42. The summed E-state index contributed by atoms with van der Waals surface area (Å²) >= 11 is 0. The van der Waals surface area contributed by atoms with E-state index in [-0.39, 0.29) is 11.1 Å². The van der Waals surface area contributed by atoms with Crippen molar-refractivity contribution < 1.29 is 17.6 Å². The Bertz CT molecular complexity index is 1150. The van der Waals surface area contributed by atoms with E-state index in [1.807, 2.05) is 0 Å². The zero-order chi connectivity index (χ0) is 21.0. The molecule has 0 unspecified atom stereocenters. The van der Waals surface area contributed by atoms with E-state index < -0.39 is 23.0 Å². The summed E-state index contributed by atoms with van der Waals surface area (Å²) in [5.41, 5.74) is -1.88. The molecule has 152 valence electrons. The van der Waals surface area contributed by atoms with E-state index in [1.165, 1.54) is 6.07 Å². The van der Waals surface area contributed by atoms with E-state index in [1.54, 1.807) is 18.4 Å². The third-order valence-electron chi connectivity index (χ3n) is 5.28. The van der Waals surface area contributed by atoms with Gasteiger partial charge in [-0.3, -0.25) is 4.79 Å². The number of aromatic nitrogens is 5. The fourth-order valence-corrected chi connectivity index (χ4v) is 3.90. The highest BCUT2D eigenvalue weighted by molar-refractivity contribution is 5.50. The normalized spacial score (nSPS) is 19.2. The van der Waals surface area contributed by atoms with Crippen LogP contribution in [0, 0.1) is 12.7 Å². The minimum Gasteiger partial charge on any atom is -0.311 e. The Morgan fingerprint density at radius 3 is 2.62 bits per heavy atom. The molecule has 1 N–H and O–H groups in total. The Balaban J connectivity index is 1.84. The van der Waals surface area contributed by atoms with Gasteiger partial charge >= 0.3 is 6.18 Å². The van der Waals surface area contributed by atoms with Gasteiger partial charge in [0.2, 0.25) is 0 Å². The standard InChI is InChI=1S/C19H17F4N5O/c1-10-24-14(9-15(29)25-10)16-26-27-17-18(2,6-3-7-28(16)17)12-5-4-11(8-13(12)20)19(21,22)23/h4-5,8-9H,3,6-7H2,1-2H3,(H,24,25,29)/t18-/m0/s1. The summed E-state index contributed by atoms with van der Waals surface area (Å²) in [6.45, 7) is 3.90. The number of rotatable bonds is 2. The van der Waals surface area contributed by atoms with Crippen molar-refractivity contribution in [2.24, 2.45) is 0 Å². The van der Waals surface area contributed by atoms with Gasteiger partial charge in [0.15, 0.2) is 5.82 Å². The lowest BCUT2D eigenvalue weighted by Gasteiger charge is -2.34. The number of hydrogen-bond acceptors (Lipinski definition) is 4. The van der Waals surface area contributed by atoms with Crippen LogP contribution in [0.5, 0.6) is 0 Å². The number of aryl methyl sites for hydroxylation is 1. The molecule has 1 aliphatic rings. The number of benzene rings is 1. The third-order valence-corrected chi connectivity index (χ3v) is 5.28. The molecule has 0 aliphatic carbocycles. The number of alkyl halides is 3. The number of nitrogens with one attached hydrogen (secondary N) is 1. The second-order valence-electron chi connectivity index (χ2n) is 7.34. The summed E-state index contributed by atoms with van der Waals surface area (Å²) in [5, 5.41) is 8.36. The number of nitrogens with zero attached hydrogens (tertiary/aromatic N) is 4. The van der Waals surface area contributed by atoms with Crippen molar-refractivity contribution in [3.63, 3.8) is 0 Å². The van der Waals surface area contributed by atoms with Crippen LogP contribution in [0.15, 0.2) is 29.1 Å². The molecule has 4 rings (SSSR count). The maximum atomic E-state index is 14.7. The highest BCUT2D eigenvalue weighted by Gasteiger charge is 2.41. The minimum absolute atomic E-state index is 0.125. The van der Waals surface area contributed by atoms with Crippen molar-refractivity contribution in [1.29, 1.82) is 0 Å². The molecular formula is C19H17F4N5O. The molecular weight excluding hydrogens is 390 g/mol. The molecule has 0 amide bonds. The molecule has 0 bridgehead atoms. The lowest BCUT2D eigenvalue weighted by Crippen LogP contribution is -2.34. The molecule has 0 saturated carbocycles. The van der Waals surface area contributed by atoms with Gasteiger partial charge in [-0.2, -0.15) is 13.2 Å². The first-order valence-electron chi connectivity index (χ1n) is 8.99. The Morgan fingerprint density at radius 1 is 1.21 bits per heavy atom. The van der Waals surface area contributed by atoms with Gasteiger partial charge in [-0.15, -0.1) is 10.2 Å². The van der Waals surface area contributed by atoms with Crippen LogP contribution in [-0.2, 0) is 18.1 Å². The summed E-state index contributed by atoms with van der Waals surface area (Å²) in [5.74, 6) is 0.271. The van der Waals surface area contributed by atoms with Gasteiger partial charge in [0, 0.05) is 18.2 Å². The second kappa shape index (κ2) is 6.50. The molecule has 6 nitrogen and oxygen atoms in total. The molecule has 1 atom stereocenters. The zero-order valence-electron chi connectivity index (χ0n) is 15.6. The largest absolute Gasteiger partial charge is 0.416 e. The van der Waals surface area contributed by atoms with Gasteiger partial charge in [0.25, 0.3) is 5.56 Å². The topological polar surface area (TPSA) is 76.5 Å². The van der Waals surface area contributed by atoms with E-state index in [9.17, 15) is 22.4 Å². The van der Waals surface area contributed by atoms with Crippen molar-refractivity contribution >= 4 is 0 Å². The predicted octanol–water partition coefficient (Wildman–Crippen LogP) is 3.59. The van der Waals surface area contributed by atoms with E-state index in [0.717, 1.165) is 12.1 Å². The highest BCUT2D eigenvalue weighted by atomic mass is 19.4. The molecule has 0 fully saturated rings. The van der Waals surface area contributed by atoms with Crippen molar-refractivity contribution in [1.82, 2.24) is 24.7 Å². The van der Waals surface area contributed by atoms with Gasteiger partial charge in [0.1, 0.15) is 23.2 Å². The lowest BCUT2D eigenvalue weighted by molar-refractivity contribution is -0.137. The van der Waals surface area contributed by atoms with Crippen LogP contribution >= 0.6 is 0 Å². The first-order chi connectivity index (χ1) is 13.6. The van der Waals surface area contributed by atoms with E-state index in [4.69, 9.17) is 0 Å². The number of hydrogen-bond donors (Lipinski definition) is 1. The molecule has 10 heteroatoms. The summed E-state index contributed by atoms with van der Waals surface area (Å²) in [6.07, 6.45) is -3.49. The van der Waals surface area contributed by atoms with Crippen molar-refractivity contribution in [2.75, 3.05) is 0 Å². The molecule has 3 aromatic rings. The maximum Gasteiger partial charge on any atom is 0.416 e. The molecule has 0 spiro atoms. The van der Waals surface area contributed by atoms with Crippen LogP contribution in [-0.4, -0.2) is 24.7 Å². The average Bonchev–Trinajstić information content (AvgIpc) is 3.05. The SMILES string of the molecule is Cc1nc(-c2nnc3n2CCC[C@@]3(C)c2ccc(C(F)(F)F)cc2F)cc(=O)[nH]1. The van der Waals surface area contributed by atoms with Crippen molar-refractivity contribution in [2.45, 2.75) is 44.8 Å². The van der Waals surface area contributed by atoms with Crippen LogP contribution < -0.4 is 5.56 Å². The quantitative estimate of drug-likeness (QED) is 0.659. The molecule has 0 saturated heterocycles. The number of H-pyrrole nitrogens is 1. The smallest absolute Gasteiger partial charge is 0.311 e. The van der Waals surface area contributed by atoms with Crippen LogP contribution in [0.25, 0.3) is 11.5 Å². The van der Waals surface area contributed by atoms with E-state index >= 15 is 0 Å². The molecule has 0 radical (unpaired) electrons. The summed E-state index contributed by atoms with van der Waals surface area (Å²) < 4.78 is 55.2. The van der Waals surface area contributed by atoms with Crippen molar-refractivity contribution in [3.05, 3.63) is 63.2 Å². The summed E-state index contributed by atoms with van der Waals surface area (Å²) in [4.78, 5) is 18.6. The van der Waals surface area contributed by atoms with Crippen LogP contribution in [0.2, 0.25) is 0 Å². The van der Waals surface area contributed by atoms with E-state index in [2.05, 4.69) is 20.2 Å². The average molecular weight is 407 g/mol. The fraction of sp³-hybridized carbons (Fsp3) is 0.368. The fourth-order valence-electron chi connectivity index (χ4n) is 3.90. The maximum absolute atomic E-state index is 14.7. The monoisotopic (exact) mass is 407 g/mol. The first-order valence-corrected chi connectivity index (χ1v) is 8.99. The number of aromatic amines is 1. The second-order valence-corrected chi connectivity index (χ2v) is 7.34. The van der Waals surface area contributed by atoms with Gasteiger partial charge in [-0.1, -0.05) is 6.07 Å². The molecule has 3 heterocycles. The summed E-state index contributed by atoms with van der Waals surface area (Å²) in [6, 6.07) is 3.85. The van der Waals surface area contributed by atoms with Gasteiger partial charge in [0.05, 0.1) is 11.0 Å². The number of fused-ring (bicyclic) bond motifs is 1. The zero-order valence-corrected chi connectivity index (χ0v) is 15.6. The predicted molar refractivity (Wildman–Crippen MR) is 95.7 cm³/mol. The first kappa shape index (κ1) is 19.3. The Labute approximate surface area is 162 Å². The Hall–Kier alpha value is -3.04. The molecule has 1 aromatic carbocycles. The van der Waals surface area contributed by atoms with Gasteiger partial charge in [-0.25, -0.2) is 9.37 Å². The minimum atomic E-state index is -4.62. The Kier molecular flexibility index (Phi) is 4.32. The molecule has 29 heavy (non-hydrogen) atoms. The third kappa shape index (κ3) is 3.22. The van der Waals surface area contributed by atoms with E-state index in [0.29, 0.717) is 48.6 Å². The number of halogens is 4. The molecule has 1 aliphatic heterocycles.